The normalized spacial score (nSPS) is 20.3. The molecule has 2 atom stereocenters. The highest BCUT2D eigenvalue weighted by atomic mass is 19.1. The van der Waals surface area contributed by atoms with Crippen LogP contribution in [-0.4, -0.2) is 58.1 Å². The van der Waals surface area contributed by atoms with Crippen molar-refractivity contribution in [3.8, 4) is 0 Å². The van der Waals surface area contributed by atoms with Crippen molar-refractivity contribution >= 4 is 5.91 Å². The standard InChI is InChI=1S/C19H22FN3O2/c1-13-3-6-15(9-21-13)19(25)23-11-17(18(24)12-23)22(2)10-14-4-7-16(20)8-5-14/h3-9,17-18,24H,10-12H2,1-2H3/t17-,18-/m1/s1. The molecule has 0 spiro atoms. The van der Waals surface area contributed by atoms with Gasteiger partial charge in [0.1, 0.15) is 5.82 Å². The number of carbonyl (C=O) groups is 1. The molecule has 25 heavy (non-hydrogen) atoms. The van der Waals surface area contributed by atoms with Crippen LogP contribution in [0.1, 0.15) is 21.6 Å². The highest BCUT2D eigenvalue weighted by molar-refractivity contribution is 5.94. The van der Waals surface area contributed by atoms with E-state index in [0.717, 1.165) is 11.3 Å². The third-order valence-electron chi connectivity index (χ3n) is 4.62. The smallest absolute Gasteiger partial charge is 0.255 e. The van der Waals surface area contributed by atoms with Crippen molar-refractivity contribution in [2.45, 2.75) is 25.6 Å². The number of rotatable bonds is 4. The molecule has 1 aliphatic rings. The van der Waals surface area contributed by atoms with Crippen LogP contribution in [0.3, 0.4) is 0 Å². The van der Waals surface area contributed by atoms with E-state index in [2.05, 4.69) is 4.98 Å². The molecular weight excluding hydrogens is 321 g/mol. The van der Waals surface area contributed by atoms with Crippen molar-refractivity contribution < 1.29 is 14.3 Å². The number of aliphatic hydroxyl groups excluding tert-OH is 1. The summed E-state index contributed by atoms with van der Waals surface area (Å²) in [6, 6.07) is 9.71. The number of likely N-dealkylation sites (N-methyl/N-ethyl adjacent to an activating group) is 1. The summed E-state index contributed by atoms with van der Waals surface area (Å²) in [5.74, 6) is -0.389. The number of halogens is 1. The Morgan fingerprint density at radius 2 is 2.00 bits per heavy atom. The van der Waals surface area contributed by atoms with Crippen LogP contribution in [0.25, 0.3) is 0 Å². The lowest BCUT2D eigenvalue weighted by Crippen LogP contribution is -2.40. The second kappa shape index (κ2) is 7.29. The molecule has 1 aliphatic heterocycles. The van der Waals surface area contributed by atoms with Gasteiger partial charge in [-0.15, -0.1) is 0 Å². The maximum absolute atomic E-state index is 13.0. The van der Waals surface area contributed by atoms with E-state index in [9.17, 15) is 14.3 Å². The van der Waals surface area contributed by atoms with Crippen LogP contribution in [0.15, 0.2) is 42.6 Å². The van der Waals surface area contributed by atoms with Crippen LogP contribution in [-0.2, 0) is 6.54 Å². The summed E-state index contributed by atoms with van der Waals surface area (Å²) in [6.45, 7) is 3.20. The van der Waals surface area contributed by atoms with E-state index in [0.29, 0.717) is 25.2 Å². The Morgan fingerprint density at radius 3 is 2.64 bits per heavy atom. The molecule has 0 unspecified atom stereocenters. The number of carbonyl (C=O) groups excluding carboxylic acids is 1. The van der Waals surface area contributed by atoms with Gasteiger partial charge < -0.3 is 10.0 Å². The number of aromatic nitrogens is 1. The van der Waals surface area contributed by atoms with Crippen LogP contribution < -0.4 is 0 Å². The van der Waals surface area contributed by atoms with E-state index in [-0.39, 0.29) is 17.8 Å². The second-order valence-corrected chi connectivity index (χ2v) is 6.57. The number of β-amino-alcohol motifs (C(OH)–C–C–N with tert-alkyl or cyclic N) is 1. The number of benzene rings is 1. The first-order chi connectivity index (χ1) is 11.9. The predicted octanol–water partition coefficient (Wildman–Crippen LogP) is 1.85. The minimum atomic E-state index is -0.618. The average molecular weight is 343 g/mol. The number of likely N-dealkylation sites (tertiary alicyclic amines) is 1. The molecule has 2 aromatic rings. The molecule has 1 N–H and O–H groups in total. The van der Waals surface area contributed by atoms with Crippen LogP contribution in [0.4, 0.5) is 4.39 Å². The van der Waals surface area contributed by atoms with Gasteiger partial charge in [-0.05, 0) is 43.8 Å². The predicted molar refractivity (Wildman–Crippen MR) is 92.5 cm³/mol. The van der Waals surface area contributed by atoms with Crippen molar-refractivity contribution in [2.24, 2.45) is 0 Å². The molecule has 132 valence electrons. The molecule has 0 radical (unpaired) electrons. The molecule has 1 aromatic heterocycles. The lowest BCUT2D eigenvalue weighted by molar-refractivity contribution is 0.0762. The fourth-order valence-corrected chi connectivity index (χ4v) is 3.14. The molecule has 0 aliphatic carbocycles. The highest BCUT2D eigenvalue weighted by Crippen LogP contribution is 2.20. The van der Waals surface area contributed by atoms with E-state index in [4.69, 9.17) is 0 Å². The Balaban J connectivity index is 1.65. The Hall–Kier alpha value is -2.31. The average Bonchev–Trinajstić information content (AvgIpc) is 2.99. The molecule has 1 amide bonds. The van der Waals surface area contributed by atoms with Crippen molar-refractivity contribution in [1.29, 1.82) is 0 Å². The second-order valence-electron chi connectivity index (χ2n) is 6.57. The van der Waals surface area contributed by atoms with Crippen molar-refractivity contribution in [3.05, 3.63) is 65.2 Å². The van der Waals surface area contributed by atoms with E-state index in [1.165, 1.54) is 12.1 Å². The number of amides is 1. The van der Waals surface area contributed by atoms with E-state index in [1.807, 2.05) is 18.9 Å². The summed E-state index contributed by atoms with van der Waals surface area (Å²) >= 11 is 0. The van der Waals surface area contributed by atoms with E-state index >= 15 is 0 Å². The van der Waals surface area contributed by atoms with Gasteiger partial charge in [-0.25, -0.2) is 4.39 Å². The number of nitrogens with zero attached hydrogens (tertiary/aromatic N) is 3. The topological polar surface area (TPSA) is 56.7 Å². The van der Waals surface area contributed by atoms with Gasteiger partial charge in [-0.2, -0.15) is 0 Å². The summed E-state index contributed by atoms with van der Waals surface area (Å²) < 4.78 is 13.0. The maximum Gasteiger partial charge on any atom is 0.255 e. The molecule has 0 saturated carbocycles. The lowest BCUT2D eigenvalue weighted by atomic mass is 10.1. The summed E-state index contributed by atoms with van der Waals surface area (Å²) in [6.07, 6.45) is 0.951. The van der Waals surface area contributed by atoms with Crippen molar-refractivity contribution in [2.75, 3.05) is 20.1 Å². The number of hydrogen-bond donors (Lipinski definition) is 1. The molecular formula is C19H22FN3O2. The first-order valence-corrected chi connectivity index (χ1v) is 8.28. The monoisotopic (exact) mass is 343 g/mol. The van der Waals surface area contributed by atoms with Gasteiger partial charge in [0.15, 0.2) is 0 Å². The van der Waals surface area contributed by atoms with Crippen molar-refractivity contribution in [3.63, 3.8) is 0 Å². The molecule has 2 heterocycles. The van der Waals surface area contributed by atoms with Gasteiger partial charge in [0, 0.05) is 31.5 Å². The van der Waals surface area contributed by atoms with Gasteiger partial charge in [0.05, 0.1) is 17.7 Å². The third-order valence-corrected chi connectivity index (χ3v) is 4.62. The highest BCUT2D eigenvalue weighted by Gasteiger charge is 2.36. The molecule has 3 rings (SSSR count). The Morgan fingerprint density at radius 1 is 1.28 bits per heavy atom. The van der Waals surface area contributed by atoms with Gasteiger partial charge in [-0.3, -0.25) is 14.7 Å². The summed E-state index contributed by atoms with van der Waals surface area (Å²) in [4.78, 5) is 20.4. The molecule has 1 saturated heterocycles. The fourth-order valence-electron chi connectivity index (χ4n) is 3.14. The number of aryl methyl sites for hydroxylation is 1. The van der Waals surface area contributed by atoms with Gasteiger partial charge >= 0.3 is 0 Å². The van der Waals surface area contributed by atoms with Gasteiger partial charge in [0.25, 0.3) is 5.91 Å². The number of hydrogen-bond acceptors (Lipinski definition) is 4. The maximum atomic E-state index is 13.0. The van der Waals surface area contributed by atoms with Gasteiger partial charge in [0.2, 0.25) is 0 Å². The Labute approximate surface area is 146 Å². The third kappa shape index (κ3) is 4.03. The van der Waals surface area contributed by atoms with Crippen LogP contribution in [0, 0.1) is 12.7 Å². The minimum Gasteiger partial charge on any atom is -0.390 e. The molecule has 5 nitrogen and oxygen atoms in total. The zero-order valence-corrected chi connectivity index (χ0v) is 14.4. The number of aliphatic hydroxyl groups is 1. The Kier molecular flexibility index (Phi) is 5.11. The number of pyridine rings is 1. The SMILES string of the molecule is Cc1ccc(C(=O)N2C[C@@H](O)[C@H](N(C)Cc3ccc(F)cc3)C2)cn1. The quantitative estimate of drug-likeness (QED) is 0.920. The summed E-state index contributed by atoms with van der Waals surface area (Å²) in [5, 5.41) is 10.4. The Bertz CT molecular complexity index is 733. The largest absolute Gasteiger partial charge is 0.390 e. The van der Waals surface area contributed by atoms with Crippen LogP contribution >= 0.6 is 0 Å². The minimum absolute atomic E-state index is 0.121. The lowest BCUT2D eigenvalue weighted by Gasteiger charge is -2.26. The first kappa shape index (κ1) is 17.5. The van der Waals surface area contributed by atoms with Gasteiger partial charge in [-0.1, -0.05) is 12.1 Å². The summed E-state index contributed by atoms with van der Waals surface area (Å²) in [5.41, 5.74) is 2.35. The molecule has 1 fully saturated rings. The summed E-state index contributed by atoms with van der Waals surface area (Å²) in [7, 11) is 1.90. The van der Waals surface area contributed by atoms with E-state index < -0.39 is 6.10 Å². The molecule has 6 heteroatoms. The van der Waals surface area contributed by atoms with Crippen molar-refractivity contribution in [1.82, 2.24) is 14.8 Å². The first-order valence-electron chi connectivity index (χ1n) is 8.28. The molecule has 1 aromatic carbocycles. The molecule has 0 bridgehead atoms. The van der Waals surface area contributed by atoms with Crippen LogP contribution in [0.2, 0.25) is 0 Å². The zero-order valence-electron chi connectivity index (χ0n) is 14.4. The fraction of sp³-hybridized carbons (Fsp3) is 0.368. The zero-order chi connectivity index (χ0) is 18.0. The van der Waals surface area contributed by atoms with E-state index in [1.54, 1.807) is 35.4 Å². The van der Waals surface area contributed by atoms with Crippen LogP contribution in [0.5, 0.6) is 0 Å².